The Labute approximate surface area is 117 Å². The van der Waals surface area contributed by atoms with Crippen LogP contribution in [0.1, 0.15) is 20.7 Å². The van der Waals surface area contributed by atoms with Crippen LogP contribution in [0.5, 0.6) is 0 Å². The first-order valence-electron chi connectivity index (χ1n) is 5.01. The van der Waals surface area contributed by atoms with Gasteiger partial charge >= 0.3 is 0 Å². The summed E-state index contributed by atoms with van der Waals surface area (Å²) in [6, 6.07) is 3.71. The van der Waals surface area contributed by atoms with Crippen LogP contribution in [-0.4, -0.2) is 22.3 Å². The number of amides is 2. The zero-order valence-electron chi connectivity index (χ0n) is 9.22. The zero-order chi connectivity index (χ0) is 14.2. The van der Waals surface area contributed by atoms with Gasteiger partial charge in [0.2, 0.25) is 0 Å². The standard InChI is InChI=1S/C12H5Cl2NO4/c13-11(18)6-1-2-8(7(5-6)12(14)19)15-9(16)3-4-10(15)17/h1-5H. The van der Waals surface area contributed by atoms with Crippen LogP contribution in [-0.2, 0) is 9.59 Å². The van der Waals surface area contributed by atoms with Crippen molar-refractivity contribution in [3.05, 3.63) is 41.5 Å². The zero-order valence-corrected chi connectivity index (χ0v) is 10.7. The van der Waals surface area contributed by atoms with Crippen LogP contribution >= 0.6 is 23.2 Å². The lowest BCUT2D eigenvalue weighted by molar-refractivity contribution is -0.119. The lowest BCUT2D eigenvalue weighted by Gasteiger charge is -2.16. The number of imide groups is 1. The molecule has 0 radical (unpaired) electrons. The number of hydrogen-bond donors (Lipinski definition) is 0. The lowest BCUT2D eigenvalue weighted by Crippen LogP contribution is -2.30. The van der Waals surface area contributed by atoms with Crippen LogP contribution in [0, 0.1) is 0 Å². The van der Waals surface area contributed by atoms with Crippen LogP contribution in [0.4, 0.5) is 5.69 Å². The van der Waals surface area contributed by atoms with E-state index in [1.54, 1.807) is 0 Å². The van der Waals surface area contributed by atoms with Crippen molar-refractivity contribution in [2.24, 2.45) is 0 Å². The van der Waals surface area contributed by atoms with Gasteiger partial charge < -0.3 is 0 Å². The predicted molar refractivity (Wildman–Crippen MR) is 68.4 cm³/mol. The van der Waals surface area contributed by atoms with Crippen molar-refractivity contribution in [3.8, 4) is 0 Å². The highest BCUT2D eigenvalue weighted by Crippen LogP contribution is 2.27. The molecule has 1 aliphatic rings. The number of rotatable bonds is 3. The minimum Gasteiger partial charge on any atom is -0.276 e. The van der Waals surface area contributed by atoms with Gasteiger partial charge in [0.25, 0.3) is 22.3 Å². The largest absolute Gasteiger partial charge is 0.276 e. The molecule has 1 aliphatic heterocycles. The summed E-state index contributed by atoms with van der Waals surface area (Å²) in [5, 5.41) is -1.68. The minimum absolute atomic E-state index is 0.0154. The molecule has 1 aromatic carbocycles. The summed E-state index contributed by atoms with van der Waals surface area (Å²) >= 11 is 10.7. The summed E-state index contributed by atoms with van der Waals surface area (Å²) in [5.41, 5.74) is -0.0818. The Bertz CT molecular complexity index is 633. The van der Waals surface area contributed by atoms with E-state index in [0.717, 1.165) is 23.1 Å². The fraction of sp³-hybridized carbons (Fsp3) is 0. The topological polar surface area (TPSA) is 71.5 Å². The molecule has 19 heavy (non-hydrogen) atoms. The Kier molecular flexibility index (Phi) is 3.50. The monoisotopic (exact) mass is 297 g/mol. The third-order valence-electron chi connectivity index (χ3n) is 2.49. The van der Waals surface area contributed by atoms with Gasteiger partial charge in [0, 0.05) is 17.7 Å². The Morgan fingerprint density at radius 3 is 2.00 bits per heavy atom. The molecule has 0 bridgehead atoms. The molecule has 0 aliphatic carbocycles. The van der Waals surface area contributed by atoms with E-state index in [-0.39, 0.29) is 16.8 Å². The first-order chi connectivity index (χ1) is 8.91. The van der Waals surface area contributed by atoms with Gasteiger partial charge in [-0.05, 0) is 41.4 Å². The van der Waals surface area contributed by atoms with Crippen molar-refractivity contribution in [2.75, 3.05) is 4.90 Å². The predicted octanol–water partition coefficient (Wildman–Crippen LogP) is 1.87. The number of carbonyl (C=O) groups excluding carboxylic acids is 4. The molecule has 0 aromatic heterocycles. The minimum atomic E-state index is -0.901. The molecule has 1 aromatic rings. The molecule has 2 amide bonds. The smallest absolute Gasteiger partial charge is 0.258 e. The van der Waals surface area contributed by atoms with Crippen molar-refractivity contribution in [1.29, 1.82) is 0 Å². The molecule has 0 N–H and O–H groups in total. The number of anilines is 1. The van der Waals surface area contributed by atoms with E-state index in [1.807, 2.05) is 0 Å². The molecule has 2 rings (SSSR count). The summed E-state index contributed by atoms with van der Waals surface area (Å²) in [5.74, 6) is -1.18. The van der Waals surface area contributed by atoms with Gasteiger partial charge in [0.15, 0.2) is 0 Å². The molecule has 0 fully saturated rings. The van der Waals surface area contributed by atoms with Gasteiger partial charge in [-0.1, -0.05) is 0 Å². The molecule has 0 saturated carbocycles. The summed E-state index contributed by atoms with van der Waals surface area (Å²) in [6.07, 6.45) is 2.15. The van der Waals surface area contributed by atoms with Crippen LogP contribution in [0.3, 0.4) is 0 Å². The fourth-order valence-electron chi connectivity index (χ4n) is 1.65. The highest BCUT2D eigenvalue weighted by Gasteiger charge is 2.29. The first kappa shape index (κ1) is 13.5. The van der Waals surface area contributed by atoms with Crippen molar-refractivity contribution in [3.63, 3.8) is 0 Å². The maximum atomic E-state index is 11.5. The maximum Gasteiger partial charge on any atom is 0.258 e. The molecule has 7 heteroatoms. The first-order valence-corrected chi connectivity index (χ1v) is 5.77. The van der Waals surface area contributed by atoms with E-state index in [4.69, 9.17) is 23.2 Å². The van der Waals surface area contributed by atoms with Crippen molar-refractivity contribution in [1.82, 2.24) is 0 Å². The highest BCUT2D eigenvalue weighted by atomic mass is 35.5. The second-order valence-electron chi connectivity index (χ2n) is 3.62. The van der Waals surface area contributed by atoms with Gasteiger partial charge in [-0.2, -0.15) is 0 Å². The van der Waals surface area contributed by atoms with E-state index in [0.29, 0.717) is 0 Å². The molecule has 0 saturated heterocycles. The average molecular weight is 298 g/mol. The van der Waals surface area contributed by atoms with Crippen LogP contribution in [0.15, 0.2) is 30.4 Å². The van der Waals surface area contributed by atoms with Crippen LogP contribution in [0.2, 0.25) is 0 Å². The number of carbonyl (C=O) groups is 4. The quantitative estimate of drug-likeness (QED) is 0.631. The van der Waals surface area contributed by atoms with E-state index < -0.39 is 22.3 Å². The summed E-state index contributed by atoms with van der Waals surface area (Å²) in [6.45, 7) is 0. The lowest BCUT2D eigenvalue weighted by atomic mass is 10.1. The summed E-state index contributed by atoms with van der Waals surface area (Å²) < 4.78 is 0. The molecule has 1 heterocycles. The number of nitrogens with zero attached hydrogens (tertiary/aromatic N) is 1. The normalized spacial score (nSPS) is 14.1. The van der Waals surface area contributed by atoms with E-state index in [9.17, 15) is 19.2 Å². The third kappa shape index (κ3) is 2.43. The van der Waals surface area contributed by atoms with Crippen molar-refractivity contribution < 1.29 is 19.2 Å². The molecule has 96 valence electrons. The van der Waals surface area contributed by atoms with Gasteiger partial charge in [-0.15, -0.1) is 0 Å². The number of halogens is 2. The average Bonchev–Trinajstić information content (AvgIpc) is 2.68. The number of benzene rings is 1. The van der Waals surface area contributed by atoms with E-state index in [1.165, 1.54) is 12.1 Å². The van der Waals surface area contributed by atoms with Gasteiger partial charge in [-0.25, -0.2) is 4.90 Å². The van der Waals surface area contributed by atoms with E-state index >= 15 is 0 Å². The number of hydrogen-bond acceptors (Lipinski definition) is 4. The van der Waals surface area contributed by atoms with Gasteiger partial charge in [-0.3, -0.25) is 19.2 Å². The second kappa shape index (κ2) is 4.95. The Balaban J connectivity index is 2.58. The van der Waals surface area contributed by atoms with Crippen molar-refractivity contribution in [2.45, 2.75) is 0 Å². The van der Waals surface area contributed by atoms with Gasteiger partial charge in [0.1, 0.15) is 0 Å². The van der Waals surface area contributed by atoms with E-state index in [2.05, 4.69) is 0 Å². The molecule has 0 unspecified atom stereocenters. The second-order valence-corrected chi connectivity index (χ2v) is 4.31. The van der Waals surface area contributed by atoms with Crippen LogP contribution < -0.4 is 4.90 Å². The Morgan fingerprint density at radius 2 is 1.53 bits per heavy atom. The molecule has 5 nitrogen and oxygen atoms in total. The summed E-state index contributed by atoms with van der Waals surface area (Å²) in [7, 11) is 0. The summed E-state index contributed by atoms with van der Waals surface area (Å²) in [4.78, 5) is 46.3. The maximum absolute atomic E-state index is 11.5. The van der Waals surface area contributed by atoms with Crippen molar-refractivity contribution >= 4 is 51.2 Å². The Hall–Kier alpha value is -1.98. The molecule has 0 atom stereocenters. The Morgan fingerprint density at radius 1 is 0.947 bits per heavy atom. The SMILES string of the molecule is O=C(Cl)c1ccc(N2C(=O)C=CC2=O)c(C(=O)Cl)c1. The fourth-order valence-corrected chi connectivity index (χ4v) is 1.92. The molecular weight excluding hydrogens is 293 g/mol. The van der Waals surface area contributed by atoms with Gasteiger partial charge in [0.05, 0.1) is 11.3 Å². The highest BCUT2D eigenvalue weighted by molar-refractivity contribution is 6.69. The third-order valence-corrected chi connectivity index (χ3v) is 2.91. The van der Waals surface area contributed by atoms with Crippen LogP contribution in [0.25, 0.3) is 0 Å². The molecule has 0 spiro atoms. The molecular formula is C12H5Cl2NO4.